The topological polar surface area (TPSA) is 40.5 Å². The summed E-state index contributed by atoms with van der Waals surface area (Å²) in [5, 5.41) is 19.5. The van der Waals surface area contributed by atoms with Crippen molar-refractivity contribution in [2.24, 2.45) is 5.92 Å². The van der Waals surface area contributed by atoms with Crippen molar-refractivity contribution in [2.75, 3.05) is 6.61 Å². The molecule has 2 unspecified atom stereocenters. The third kappa shape index (κ3) is 4.29. The highest BCUT2D eigenvalue weighted by molar-refractivity contribution is 5.09. The number of aliphatic hydroxyl groups excluding tert-OH is 1. The van der Waals surface area contributed by atoms with Crippen LogP contribution < -0.4 is 0 Å². The van der Waals surface area contributed by atoms with Gasteiger partial charge in [0.15, 0.2) is 0 Å². The molecule has 2 atom stereocenters. The van der Waals surface area contributed by atoms with Crippen LogP contribution in [0.3, 0.4) is 0 Å². The number of aliphatic hydroxyl groups is 2. The van der Waals surface area contributed by atoms with E-state index in [1.54, 1.807) is 0 Å². The minimum absolute atomic E-state index is 0.139. The van der Waals surface area contributed by atoms with Crippen LogP contribution in [-0.4, -0.2) is 22.4 Å². The minimum atomic E-state index is -0.513. The van der Waals surface area contributed by atoms with Gasteiger partial charge in [0.25, 0.3) is 0 Å². The quantitative estimate of drug-likeness (QED) is 0.722. The van der Waals surface area contributed by atoms with Gasteiger partial charge in [-0.15, -0.1) is 0 Å². The van der Waals surface area contributed by atoms with Gasteiger partial charge in [-0.1, -0.05) is 30.2 Å². The van der Waals surface area contributed by atoms with Crippen LogP contribution in [0.5, 0.6) is 0 Å². The number of allylic oxidation sites excluding steroid dienone is 2. The van der Waals surface area contributed by atoms with E-state index in [9.17, 15) is 5.11 Å². The first-order valence-corrected chi connectivity index (χ1v) is 6.62. The number of hydrogen-bond acceptors (Lipinski definition) is 2. The molecular formula is C15H26O2. The molecule has 17 heavy (non-hydrogen) atoms. The fourth-order valence-electron chi connectivity index (χ4n) is 2.33. The first kappa shape index (κ1) is 14.5. The van der Waals surface area contributed by atoms with Crippen molar-refractivity contribution in [1.82, 2.24) is 0 Å². The lowest BCUT2D eigenvalue weighted by atomic mass is 9.75. The van der Waals surface area contributed by atoms with Crippen molar-refractivity contribution in [3.63, 3.8) is 0 Å². The van der Waals surface area contributed by atoms with Crippen LogP contribution in [0.2, 0.25) is 0 Å². The van der Waals surface area contributed by atoms with E-state index >= 15 is 0 Å². The molecule has 0 spiro atoms. The zero-order valence-electron chi connectivity index (χ0n) is 11.4. The Labute approximate surface area is 105 Å². The summed E-state index contributed by atoms with van der Waals surface area (Å²) in [7, 11) is 0. The average Bonchev–Trinajstić information content (AvgIpc) is 2.32. The lowest BCUT2D eigenvalue weighted by Gasteiger charge is -2.36. The summed E-state index contributed by atoms with van der Waals surface area (Å²) in [6.45, 7) is 6.35. The molecule has 0 fully saturated rings. The van der Waals surface area contributed by atoms with Crippen molar-refractivity contribution in [3.8, 4) is 0 Å². The molecular weight excluding hydrogens is 212 g/mol. The van der Waals surface area contributed by atoms with Crippen LogP contribution in [0, 0.1) is 5.92 Å². The Kier molecular flexibility index (Phi) is 5.41. The summed E-state index contributed by atoms with van der Waals surface area (Å²) in [5.74, 6) is 0.314. The normalized spacial score (nSPS) is 27.8. The van der Waals surface area contributed by atoms with E-state index in [1.807, 2.05) is 6.92 Å². The predicted molar refractivity (Wildman–Crippen MR) is 71.8 cm³/mol. The number of hydrogen-bond donors (Lipinski definition) is 2. The largest absolute Gasteiger partial charge is 0.392 e. The van der Waals surface area contributed by atoms with Gasteiger partial charge in [-0.05, 0) is 51.9 Å². The lowest BCUT2D eigenvalue weighted by Crippen LogP contribution is -2.37. The maximum absolute atomic E-state index is 10.6. The summed E-state index contributed by atoms with van der Waals surface area (Å²) in [6.07, 6.45) is 8.88. The van der Waals surface area contributed by atoms with E-state index in [1.165, 1.54) is 5.57 Å². The Morgan fingerprint density at radius 2 is 2.29 bits per heavy atom. The molecule has 0 radical (unpaired) electrons. The second-order valence-electron chi connectivity index (χ2n) is 5.55. The zero-order valence-corrected chi connectivity index (χ0v) is 11.4. The minimum Gasteiger partial charge on any atom is -0.392 e. The molecule has 1 aliphatic carbocycles. The van der Waals surface area contributed by atoms with E-state index < -0.39 is 5.60 Å². The molecule has 1 rings (SSSR count). The molecule has 1 aliphatic rings. The van der Waals surface area contributed by atoms with Crippen molar-refractivity contribution >= 4 is 0 Å². The molecule has 0 saturated carbocycles. The monoisotopic (exact) mass is 238 g/mol. The standard InChI is InChI=1S/C15H26O2/c1-12-7-9-15(17,10-8-12)14(3)6-4-5-13(2)11-16/h5,7,14,16-17H,4,6,8-11H2,1-3H3. The van der Waals surface area contributed by atoms with Crippen LogP contribution in [-0.2, 0) is 0 Å². The fraction of sp³-hybridized carbons (Fsp3) is 0.733. The first-order valence-electron chi connectivity index (χ1n) is 6.62. The Bertz CT molecular complexity index is 304. The van der Waals surface area contributed by atoms with Crippen LogP contribution in [0.4, 0.5) is 0 Å². The molecule has 0 aromatic carbocycles. The van der Waals surface area contributed by atoms with Crippen molar-refractivity contribution in [2.45, 2.75) is 58.5 Å². The van der Waals surface area contributed by atoms with Gasteiger partial charge in [0.2, 0.25) is 0 Å². The van der Waals surface area contributed by atoms with Gasteiger partial charge in [-0.2, -0.15) is 0 Å². The van der Waals surface area contributed by atoms with E-state index in [0.717, 1.165) is 37.7 Å². The van der Waals surface area contributed by atoms with E-state index in [0.29, 0.717) is 5.92 Å². The molecule has 0 bridgehead atoms. The third-order valence-corrected chi connectivity index (χ3v) is 4.02. The SMILES string of the molecule is CC(=CCCC(C)C1(O)CC=C(C)CC1)CO. The highest BCUT2D eigenvalue weighted by Crippen LogP contribution is 2.35. The molecule has 0 saturated heterocycles. The molecule has 2 nitrogen and oxygen atoms in total. The van der Waals surface area contributed by atoms with Crippen molar-refractivity contribution < 1.29 is 10.2 Å². The van der Waals surface area contributed by atoms with E-state index in [-0.39, 0.29) is 6.61 Å². The second kappa shape index (κ2) is 6.36. The van der Waals surface area contributed by atoms with Gasteiger partial charge in [-0.3, -0.25) is 0 Å². The van der Waals surface area contributed by atoms with Gasteiger partial charge in [0.1, 0.15) is 0 Å². The number of rotatable bonds is 5. The summed E-state index contributed by atoms with van der Waals surface area (Å²) < 4.78 is 0. The Morgan fingerprint density at radius 1 is 1.59 bits per heavy atom. The van der Waals surface area contributed by atoms with Gasteiger partial charge in [0, 0.05) is 0 Å². The predicted octanol–water partition coefficient (Wildman–Crippen LogP) is 3.20. The van der Waals surface area contributed by atoms with Gasteiger partial charge < -0.3 is 10.2 Å². The molecule has 98 valence electrons. The maximum atomic E-state index is 10.6. The fourth-order valence-corrected chi connectivity index (χ4v) is 2.33. The highest BCUT2D eigenvalue weighted by atomic mass is 16.3. The smallest absolute Gasteiger partial charge is 0.0710 e. The Morgan fingerprint density at radius 3 is 2.82 bits per heavy atom. The molecule has 2 heteroatoms. The highest BCUT2D eigenvalue weighted by Gasteiger charge is 2.33. The Balaban J connectivity index is 2.44. The van der Waals surface area contributed by atoms with Gasteiger partial charge in [-0.25, -0.2) is 0 Å². The molecule has 0 aromatic heterocycles. The summed E-state index contributed by atoms with van der Waals surface area (Å²) in [4.78, 5) is 0. The maximum Gasteiger partial charge on any atom is 0.0710 e. The second-order valence-corrected chi connectivity index (χ2v) is 5.55. The molecule has 0 heterocycles. The summed E-state index contributed by atoms with van der Waals surface area (Å²) >= 11 is 0. The first-order chi connectivity index (χ1) is 7.98. The summed E-state index contributed by atoms with van der Waals surface area (Å²) in [6, 6.07) is 0. The van der Waals surface area contributed by atoms with Crippen molar-refractivity contribution in [1.29, 1.82) is 0 Å². The Hall–Kier alpha value is -0.600. The van der Waals surface area contributed by atoms with Crippen LogP contribution in [0.15, 0.2) is 23.3 Å². The van der Waals surface area contributed by atoms with Crippen LogP contribution >= 0.6 is 0 Å². The molecule has 0 aromatic rings. The third-order valence-electron chi connectivity index (χ3n) is 4.02. The molecule has 0 amide bonds. The van der Waals surface area contributed by atoms with Crippen molar-refractivity contribution in [3.05, 3.63) is 23.3 Å². The van der Waals surface area contributed by atoms with Gasteiger partial charge >= 0.3 is 0 Å². The van der Waals surface area contributed by atoms with Crippen LogP contribution in [0.1, 0.15) is 52.9 Å². The molecule has 0 aliphatic heterocycles. The summed E-state index contributed by atoms with van der Waals surface area (Å²) in [5.41, 5.74) is 1.90. The van der Waals surface area contributed by atoms with E-state index in [2.05, 4.69) is 26.0 Å². The van der Waals surface area contributed by atoms with E-state index in [4.69, 9.17) is 5.11 Å². The van der Waals surface area contributed by atoms with Crippen LogP contribution in [0.25, 0.3) is 0 Å². The van der Waals surface area contributed by atoms with Gasteiger partial charge in [0.05, 0.1) is 12.2 Å². The zero-order chi connectivity index (χ0) is 12.9. The average molecular weight is 238 g/mol. The molecule has 2 N–H and O–H groups in total. The lowest BCUT2D eigenvalue weighted by molar-refractivity contribution is -0.0234.